The Morgan fingerprint density at radius 1 is 1.09 bits per heavy atom. The Labute approximate surface area is 142 Å². The summed E-state index contributed by atoms with van der Waals surface area (Å²) >= 11 is 11.9. The molecule has 114 valence electrons. The maximum absolute atomic E-state index is 8.80. The van der Waals surface area contributed by atoms with E-state index in [4.69, 9.17) is 37.6 Å². The number of rotatable bonds is 4. The van der Waals surface area contributed by atoms with E-state index in [0.29, 0.717) is 33.1 Å². The number of ether oxygens (including phenoxy) is 1. The number of benzene rings is 2. The second-order valence-electron chi connectivity index (χ2n) is 4.55. The van der Waals surface area contributed by atoms with Crippen molar-refractivity contribution in [2.24, 2.45) is 0 Å². The summed E-state index contributed by atoms with van der Waals surface area (Å²) in [7, 11) is 0. The van der Waals surface area contributed by atoms with Gasteiger partial charge in [-0.05, 0) is 42.5 Å². The molecule has 0 spiro atoms. The smallest absolute Gasteiger partial charge is 0.254 e. The summed E-state index contributed by atoms with van der Waals surface area (Å²) in [5.41, 5.74) is 1.23. The molecule has 23 heavy (non-hydrogen) atoms. The minimum Gasteiger partial charge on any atom is -0.482 e. The quantitative estimate of drug-likeness (QED) is 0.696. The molecule has 0 atom stereocenters. The molecule has 0 aliphatic carbocycles. The van der Waals surface area contributed by atoms with Gasteiger partial charge in [-0.2, -0.15) is 5.26 Å². The van der Waals surface area contributed by atoms with Gasteiger partial charge in [0.2, 0.25) is 5.89 Å². The molecule has 0 radical (unpaired) electrons. The molecule has 0 saturated heterocycles. The average Bonchev–Trinajstić information content (AvgIpc) is 3.03. The number of hydrogen-bond donors (Lipinski definition) is 0. The molecule has 1 heterocycles. The van der Waals surface area contributed by atoms with Crippen molar-refractivity contribution in [1.29, 1.82) is 5.26 Å². The minimum atomic E-state index is 0.0756. The lowest BCUT2D eigenvalue weighted by molar-refractivity contribution is 0.264. The van der Waals surface area contributed by atoms with Crippen LogP contribution in [-0.2, 0) is 6.61 Å². The van der Waals surface area contributed by atoms with Crippen LogP contribution < -0.4 is 4.74 Å². The van der Waals surface area contributed by atoms with E-state index in [1.807, 2.05) is 6.07 Å². The van der Waals surface area contributed by atoms with Gasteiger partial charge in [-0.3, -0.25) is 0 Å². The third kappa shape index (κ3) is 3.62. The van der Waals surface area contributed by atoms with Crippen LogP contribution in [0.15, 0.2) is 46.9 Å². The fraction of sp³-hybridized carbons (Fsp3) is 0.0625. The predicted octanol–water partition coefficient (Wildman–Crippen LogP) is 4.49. The number of aromatic nitrogens is 2. The monoisotopic (exact) mass is 345 g/mol. The van der Waals surface area contributed by atoms with Crippen molar-refractivity contribution in [3.63, 3.8) is 0 Å². The van der Waals surface area contributed by atoms with Crippen LogP contribution in [0.2, 0.25) is 10.0 Å². The third-order valence-electron chi connectivity index (χ3n) is 2.97. The molecule has 7 heteroatoms. The molecular formula is C16H9Cl2N3O2. The Balaban J connectivity index is 1.70. The van der Waals surface area contributed by atoms with Crippen LogP contribution in [0.5, 0.6) is 5.75 Å². The van der Waals surface area contributed by atoms with E-state index in [9.17, 15) is 0 Å². The maximum Gasteiger partial charge on any atom is 0.254 e. The van der Waals surface area contributed by atoms with Crippen LogP contribution >= 0.6 is 23.2 Å². The fourth-order valence-corrected chi connectivity index (χ4v) is 2.21. The van der Waals surface area contributed by atoms with Crippen molar-refractivity contribution in [3.05, 3.63) is 64.0 Å². The van der Waals surface area contributed by atoms with E-state index in [-0.39, 0.29) is 6.61 Å². The van der Waals surface area contributed by atoms with E-state index in [1.54, 1.807) is 36.4 Å². The van der Waals surface area contributed by atoms with Gasteiger partial charge >= 0.3 is 0 Å². The highest BCUT2D eigenvalue weighted by molar-refractivity contribution is 6.32. The average molecular weight is 346 g/mol. The van der Waals surface area contributed by atoms with E-state index < -0.39 is 0 Å². The first kappa shape index (κ1) is 15.3. The van der Waals surface area contributed by atoms with Crippen molar-refractivity contribution >= 4 is 23.2 Å². The van der Waals surface area contributed by atoms with Gasteiger partial charge in [0, 0.05) is 10.6 Å². The van der Waals surface area contributed by atoms with Gasteiger partial charge in [0.1, 0.15) is 5.75 Å². The molecule has 0 N–H and O–H groups in total. The summed E-state index contributed by atoms with van der Waals surface area (Å²) in [4.78, 5) is 0. The summed E-state index contributed by atoms with van der Waals surface area (Å²) in [5, 5.41) is 17.7. The van der Waals surface area contributed by atoms with Crippen LogP contribution in [0.1, 0.15) is 11.5 Å². The van der Waals surface area contributed by atoms with Crippen LogP contribution in [-0.4, -0.2) is 10.2 Å². The maximum atomic E-state index is 8.80. The number of nitriles is 1. The molecule has 0 bridgehead atoms. The Bertz CT molecular complexity index is 870. The lowest BCUT2D eigenvalue weighted by atomic mass is 10.2. The Hall–Kier alpha value is -2.55. The summed E-state index contributed by atoms with van der Waals surface area (Å²) < 4.78 is 11.1. The van der Waals surface area contributed by atoms with Crippen molar-refractivity contribution in [3.8, 4) is 23.3 Å². The lowest BCUT2D eigenvalue weighted by Crippen LogP contribution is -1.96. The van der Waals surface area contributed by atoms with Gasteiger partial charge < -0.3 is 9.15 Å². The molecule has 5 nitrogen and oxygen atoms in total. The van der Waals surface area contributed by atoms with Crippen LogP contribution in [0, 0.1) is 11.3 Å². The number of nitrogens with zero attached hydrogens (tertiary/aromatic N) is 3. The van der Waals surface area contributed by atoms with Gasteiger partial charge in [0.15, 0.2) is 6.61 Å². The normalized spacial score (nSPS) is 10.3. The SMILES string of the molecule is N#Cc1ccc(OCc2nnc(-c3ccc(Cl)cc3)o2)c(Cl)c1. The molecule has 0 amide bonds. The summed E-state index contributed by atoms with van der Waals surface area (Å²) in [6, 6.07) is 13.8. The number of hydrogen-bond acceptors (Lipinski definition) is 5. The topological polar surface area (TPSA) is 71.9 Å². The van der Waals surface area contributed by atoms with E-state index in [2.05, 4.69) is 10.2 Å². The standard InChI is InChI=1S/C16H9Cl2N3O2/c17-12-4-2-11(3-5-12)16-21-20-15(23-16)9-22-14-6-1-10(8-19)7-13(14)18/h1-7H,9H2. The van der Waals surface area contributed by atoms with Crippen LogP contribution in [0.4, 0.5) is 0 Å². The molecular weight excluding hydrogens is 337 g/mol. The van der Waals surface area contributed by atoms with Gasteiger partial charge in [0.25, 0.3) is 5.89 Å². The minimum absolute atomic E-state index is 0.0756. The molecule has 0 saturated carbocycles. The summed E-state index contributed by atoms with van der Waals surface area (Å²) in [5.74, 6) is 1.14. The molecule has 2 aromatic carbocycles. The molecule has 0 aliphatic heterocycles. The largest absolute Gasteiger partial charge is 0.482 e. The Morgan fingerprint density at radius 2 is 1.87 bits per heavy atom. The van der Waals surface area contributed by atoms with Gasteiger partial charge in [-0.15, -0.1) is 10.2 Å². The van der Waals surface area contributed by atoms with Crippen molar-refractivity contribution < 1.29 is 9.15 Å². The highest BCUT2D eigenvalue weighted by Gasteiger charge is 2.10. The zero-order chi connectivity index (χ0) is 16.2. The Morgan fingerprint density at radius 3 is 2.57 bits per heavy atom. The lowest BCUT2D eigenvalue weighted by Gasteiger charge is -2.05. The second-order valence-corrected chi connectivity index (χ2v) is 5.40. The molecule has 0 aliphatic rings. The van der Waals surface area contributed by atoms with Gasteiger partial charge in [0.05, 0.1) is 16.7 Å². The molecule has 0 unspecified atom stereocenters. The highest BCUT2D eigenvalue weighted by atomic mass is 35.5. The predicted molar refractivity (Wildman–Crippen MR) is 85.2 cm³/mol. The van der Waals surface area contributed by atoms with E-state index in [1.165, 1.54) is 6.07 Å². The van der Waals surface area contributed by atoms with Crippen molar-refractivity contribution in [2.45, 2.75) is 6.61 Å². The fourth-order valence-electron chi connectivity index (χ4n) is 1.85. The second kappa shape index (κ2) is 6.69. The van der Waals surface area contributed by atoms with Gasteiger partial charge in [-0.1, -0.05) is 23.2 Å². The zero-order valence-corrected chi connectivity index (χ0v) is 13.2. The molecule has 0 fully saturated rings. The molecule has 1 aromatic heterocycles. The highest BCUT2D eigenvalue weighted by Crippen LogP contribution is 2.26. The van der Waals surface area contributed by atoms with E-state index in [0.717, 1.165) is 5.56 Å². The first-order chi connectivity index (χ1) is 11.2. The number of halogens is 2. The van der Waals surface area contributed by atoms with Crippen LogP contribution in [0.25, 0.3) is 11.5 Å². The summed E-state index contributed by atoms with van der Waals surface area (Å²) in [6.45, 7) is 0.0756. The first-order valence-corrected chi connectivity index (χ1v) is 7.32. The molecule has 3 aromatic rings. The first-order valence-electron chi connectivity index (χ1n) is 6.56. The van der Waals surface area contributed by atoms with Crippen molar-refractivity contribution in [1.82, 2.24) is 10.2 Å². The van der Waals surface area contributed by atoms with E-state index >= 15 is 0 Å². The Kier molecular flexibility index (Phi) is 4.47. The summed E-state index contributed by atoms with van der Waals surface area (Å²) in [6.07, 6.45) is 0. The van der Waals surface area contributed by atoms with Gasteiger partial charge in [-0.25, -0.2) is 0 Å². The zero-order valence-electron chi connectivity index (χ0n) is 11.7. The van der Waals surface area contributed by atoms with Crippen LogP contribution in [0.3, 0.4) is 0 Å². The third-order valence-corrected chi connectivity index (χ3v) is 3.52. The molecule has 3 rings (SSSR count). The van der Waals surface area contributed by atoms with Crippen molar-refractivity contribution in [2.75, 3.05) is 0 Å².